The van der Waals surface area contributed by atoms with Crippen LogP contribution >= 0.6 is 23.2 Å². The maximum absolute atomic E-state index is 11.1. The molecule has 4 nitrogen and oxygen atoms in total. The van der Waals surface area contributed by atoms with E-state index in [9.17, 15) is 4.79 Å². The van der Waals surface area contributed by atoms with Crippen LogP contribution in [0.4, 0.5) is 0 Å². The standard InChI is InChI=1S/C25H28Cl2O4/c1-14(2)19-12-20(16-5-7-17(26)8-6-16)24(15(3)4)31-25(19)21-11-18(27)9-10-22(21)30-13-23(28)29/h5-11,15,19-20,24-25H,1,12-13H2,2-4H3,(H,28,29)/t19-,20-,24+,25+/m0/s1. The zero-order valence-electron chi connectivity index (χ0n) is 18.0. The molecule has 1 heterocycles. The molecule has 1 aliphatic heterocycles. The first-order chi connectivity index (χ1) is 14.7. The number of carboxylic acid groups (broad SMARTS) is 1. The smallest absolute Gasteiger partial charge is 0.341 e. The van der Waals surface area contributed by atoms with E-state index in [1.165, 1.54) is 5.56 Å². The van der Waals surface area contributed by atoms with E-state index in [0.717, 1.165) is 17.6 Å². The Morgan fingerprint density at radius 3 is 2.42 bits per heavy atom. The van der Waals surface area contributed by atoms with Gasteiger partial charge in [-0.05, 0) is 55.2 Å². The first-order valence-electron chi connectivity index (χ1n) is 10.4. The second-order valence-corrected chi connectivity index (χ2v) is 9.35. The Kier molecular flexibility index (Phi) is 7.68. The fraction of sp³-hybridized carbons (Fsp3) is 0.400. The fourth-order valence-electron chi connectivity index (χ4n) is 4.31. The van der Waals surface area contributed by atoms with Gasteiger partial charge in [-0.25, -0.2) is 4.79 Å². The number of carbonyl (C=O) groups is 1. The summed E-state index contributed by atoms with van der Waals surface area (Å²) >= 11 is 12.4. The maximum Gasteiger partial charge on any atom is 0.341 e. The van der Waals surface area contributed by atoms with E-state index in [4.69, 9.17) is 37.8 Å². The van der Waals surface area contributed by atoms with Gasteiger partial charge in [-0.1, -0.05) is 61.3 Å². The Morgan fingerprint density at radius 2 is 1.84 bits per heavy atom. The molecule has 2 aromatic carbocycles. The number of hydrogen-bond acceptors (Lipinski definition) is 3. The van der Waals surface area contributed by atoms with E-state index in [1.54, 1.807) is 18.2 Å². The Morgan fingerprint density at radius 1 is 1.19 bits per heavy atom. The van der Waals surface area contributed by atoms with Gasteiger partial charge in [-0.15, -0.1) is 0 Å². The van der Waals surface area contributed by atoms with Crippen molar-refractivity contribution in [3.05, 3.63) is 75.8 Å². The molecule has 3 rings (SSSR count). The average Bonchev–Trinajstić information content (AvgIpc) is 2.72. The molecule has 166 valence electrons. The van der Waals surface area contributed by atoms with Crippen LogP contribution in [0.1, 0.15) is 50.3 Å². The third-order valence-electron chi connectivity index (χ3n) is 5.79. The number of aliphatic carboxylic acids is 1. The highest BCUT2D eigenvalue weighted by Crippen LogP contribution is 2.50. The number of benzene rings is 2. The van der Waals surface area contributed by atoms with Gasteiger partial charge in [0.15, 0.2) is 6.61 Å². The molecule has 0 spiro atoms. The van der Waals surface area contributed by atoms with Gasteiger partial charge in [0.1, 0.15) is 5.75 Å². The van der Waals surface area contributed by atoms with Crippen molar-refractivity contribution in [1.29, 1.82) is 0 Å². The average molecular weight is 463 g/mol. The van der Waals surface area contributed by atoms with E-state index in [0.29, 0.717) is 15.8 Å². The molecule has 31 heavy (non-hydrogen) atoms. The van der Waals surface area contributed by atoms with E-state index in [1.807, 2.05) is 19.1 Å². The summed E-state index contributed by atoms with van der Waals surface area (Å²) in [5, 5.41) is 10.3. The number of ether oxygens (including phenoxy) is 2. The summed E-state index contributed by atoms with van der Waals surface area (Å²) in [6.07, 6.45) is 0.457. The molecule has 1 aliphatic rings. The predicted molar refractivity (Wildman–Crippen MR) is 124 cm³/mol. The number of carboxylic acids is 1. The van der Waals surface area contributed by atoms with Gasteiger partial charge in [0.05, 0.1) is 12.2 Å². The largest absolute Gasteiger partial charge is 0.482 e. The minimum absolute atomic E-state index is 0.0151. The summed E-state index contributed by atoms with van der Waals surface area (Å²) in [4.78, 5) is 11.1. The Hall–Kier alpha value is -2.01. The van der Waals surface area contributed by atoms with Gasteiger partial charge in [0.2, 0.25) is 0 Å². The second-order valence-electron chi connectivity index (χ2n) is 8.48. The first kappa shape index (κ1) is 23.6. The molecule has 6 heteroatoms. The van der Waals surface area contributed by atoms with Gasteiger partial charge in [0.25, 0.3) is 0 Å². The highest BCUT2D eigenvalue weighted by Gasteiger charge is 2.42. The van der Waals surface area contributed by atoms with Crippen molar-refractivity contribution in [3.8, 4) is 5.75 Å². The molecular weight excluding hydrogens is 435 g/mol. The van der Waals surface area contributed by atoms with Crippen LogP contribution in [0.15, 0.2) is 54.6 Å². The van der Waals surface area contributed by atoms with Crippen molar-refractivity contribution in [3.63, 3.8) is 0 Å². The molecule has 1 fully saturated rings. The van der Waals surface area contributed by atoms with Gasteiger partial charge in [0, 0.05) is 27.4 Å². The van der Waals surface area contributed by atoms with Crippen molar-refractivity contribution in [1.82, 2.24) is 0 Å². The topological polar surface area (TPSA) is 55.8 Å². The van der Waals surface area contributed by atoms with Crippen LogP contribution in [0.3, 0.4) is 0 Å². The SMILES string of the molecule is C=C(C)[C@@H]1C[C@@H](c2ccc(Cl)cc2)[C@@H](C(C)C)O[C@H]1c1cc(Cl)ccc1OCC(=O)O. The predicted octanol–water partition coefficient (Wildman–Crippen LogP) is 6.92. The summed E-state index contributed by atoms with van der Waals surface area (Å²) in [5.74, 6) is -0.115. The van der Waals surface area contributed by atoms with Crippen LogP contribution in [-0.4, -0.2) is 23.8 Å². The number of halogens is 2. The molecule has 0 aromatic heterocycles. The Balaban J connectivity index is 2.01. The fourth-order valence-corrected chi connectivity index (χ4v) is 4.62. The summed E-state index contributed by atoms with van der Waals surface area (Å²) in [6.45, 7) is 10.1. The van der Waals surface area contributed by atoms with Crippen LogP contribution in [-0.2, 0) is 9.53 Å². The van der Waals surface area contributed by atoms with Crippen molar-refractivity contribution in [2.24, 2.45) is 11.8 Å². The summed E-state index contributed by atoms with van der Waals surface area (Å²) in [7, 11) is 0. The maximum atomic E-state index is 11.1. The van der Waals surface area contributed by atoms with Crippen LogP contribution in [0.25, 0.3) is 0 Å². The van der Waals surface area contributed by atoms with E-state index >= 15 is 0 Å². The summed E-state index contributed by atoms with van der Waals surface area (Å²) in [6, 6.07) is 13.1. The minimum atomic E-state index is -1.04. The highest BCUT2D eigenvalue weighted by molar-refractivity contribution is 6.30. The molecule has 0 aliphatic carbocycles. The quantitative estimate of drug-likeness (QED) is 0.453. The summed E-state index contributed by atoms with van der Waals surface area (Å²) < 4.78 is 12.3. The number of rotatable bonds is 7. The molecule has 1 saturated heterocycles. The van der Waals surface area contributed by atoms with Crippen molar-refractivity contribution in [2.45, 2.75) is 45.3 Å². The van der Waals surface area contributed by atoms with Crippen LogP contribution < -0.4 is 4.74 Å². The van der Waals surface area contributed by atoms with Crippen molar-refractivity contribution < 1.29 is 19.4 Å². The molecule has 4 atom stereocenters. The van der Waals surface area contributed by atoms with Gasteiger partial charge >= 0.3 is 5.97 Å². The van der Waals surface area contributed by atoms with Crippen LogP contribution in [0, 0.1) is 11.8 Å². The Bertz CT molecular complexity index is 939. The molecule has 2 aromatic rings. The lowest BCUT2D eigenvalue weighted by Gasteiger charge is -2.44. The molecule has 0 saturated carbocycles. The Labute approximate surface area is 193 Å². The zero-order valence-corrected chi connectivity index (χ0v) is 19.5. The van der Waals surface area contributed by atoms with Crippen LogP contribution in [0.2, 0.25) is 10.0 Å². The van der Waals surface area contributed by atoms with Gasteiger partial charge in [-0.2, -0.15) is 0 Å². The van der Waals surface area contributed by atoms with Crippen molar-refractivity contribution >= 4 is 29.2 Å². The molecule has 1 N–H and O–H groups in total. The molecule has 0 amide bonds. The van der Waals surface area contributed by atoms with Crippen molar-refractivity contribution in [2.75, 3.05) is 6.61 Å². The normalized spacial score (nSPS) is 23.5. The van der Waals surface area contributed by atoms with E-state index < -0.39 is 12.6 Å². The second kappa shape index (κ2) is 10.1. The highest BCUT2D eigenvalue weighted by atomic mass is 35.5. The first-order valence-corrected chi connectivity index (χ1v) is 11.1. The lowest BCUT2D eigenvalue weighted by Crippen LogP contribution is -2.39. The molecule has 0 radical (unpaired) electrons. The summed E-state index contributed by atoms with van der Waals surface area (Å²) in [5.41, 5.74) is 2.93. The third kappa shape index (κ3) is 5.62. The molecule has 0 bridgehead atoms. The third-order valence-corrected chi connectivity index (χ3v) is 6.28. The monoisotopic (exact) mass is 462 g/mol. The minimum Gasteiger partial charge on any atom is -0.482 e. The van der Waals surface area contributed by atoms with E-state index in [-0.39, 0.29) is 30.0 Å². The molecular formula is C25H28Cl2O4. The van der Waals surface area contributed by atoms with Gasteiger partial charge in [-0.3, -0.25) is 0 Å². The van der Waals surface area contributed by atoms with Crippen LogP contribution in [0.5, 0.6) is 5.75 Å². The lowest BCUT2D eigenvalue weighted by atomic mass is 9.73. The molecule has 0 unspecified atom stereocenters. The van der Waals surface area contributed by atoms with Gasteiger partial charge < -0.3 is 14.6 Å². The zero-order chi connectivity index (χ0) is 22.7. The number of hydrogen-bond donors (Lipinski definition) is 1. The lowest BCUT2D eigenvalue weighted by molar-refractivity contribution is -0.139. The van der Waals surface area contributed by atoms with E-state index in [2.05, 4.69) is 32.6 Å².